The fourth-order valence-electron chi connectivity index (χ4n) is 2.06. The van der Waals surface area contributed by atoms with E-state index in [-0.39, 0.29) is 6.03 Å². The largest absolute Gasteiger partial charge is 0.467 e. The number of urea groups is 1. The Bertz CT molecular complexity index is 670. The maximum absolute atomic E-state index is 12.4. The number of rotatable bonds is 6. The van der Waals surface area contributed by atoms with Crippen LogP contribution in [0.1, 0.15) is 11.3 Å². The molecule has 1 heterocycles. The first-order valence-corrected chi connectivity index (χ1v) is 7.89. The average Bonchev–Trinajstić information content (AvgIpc) is 3.09. The highest BCUT2D eigenvalue weighted by Crippen LogP contribution is 2.05. The van der Waals surface area contributed by atoms with Crippen molar-refractivity contribution in [1.29, 1.82) is 0 Å². The number of nitrogens with one attached hydrogen (secondary N) is 1. The number of benzene rings is 1. The number of hydrogen-bond acceptors (Lipinski definition) is 3. The third-order valence-corrected chi connectivity index (χ3v) is 3.37. The molecule has 2 amide bonds. The van der Waals surface area contributed by atoms with Crippen LogP contribution < -0.4 is 5.32 Å². The van der Waals surface area contributed by atoms with Crippen LogP contribution in [0.15, 0.2) is 53.1 Å². The minimum Gasteiger partial charge on any atom is -0.467 e. The van der Waals surface area contributed by atoms with Gasteiger partial charge in [-0.25, -0.2) is 4.79 Å². The van der Waals surface area contributed by atoms with Crippen LogP contribution in [-0.4, -0.2) is 49.6 Å². The lowest BCUT2D eigenvalue weighted by atomic mass is 10.2. The van der Waals surface area contributed by atoms with Crippen molar-refractivity contribution in [3.63, 3.8) is 0 Å². The van der Waals surface area contributed by atoms with E-state index in [2.05, 4.69) is 17.2 Å². The first-order chi connectivity index (χ1) is 11.6. The highest BCUT2D eigenvalue weighted by molar-refractivity contribution is 5.74. The number of nitrogens with zero attached hydrogens (tertiary/aromatic N) is 2. The molecule has 5 nitrogen and oxygen atoms in total. The van der Waals surface area contributed by atoms with Gasteiger partial charge in [-0.05, 0) is 38.4 Å². The number of carbonyl (C=O) groups excluding carboxylic acids is 1. The van der Waals surface area contributed by atoms with Gasteiger partial charge in [0.2, 0.25) is 0 Å². The smallest absolute Gasteiger partial charge is 0.318 e. The van der Waals surface area contributed by atoms with Gasteiger partial charge >= 0.3 is 6.03 Å². The topological polar surface area (TPSA) is 48.7 Å². The Balaban J connectivity index is 1.88. The summed E-state index contributed by atoms with van der Waals surface area (Å²) in [5, 5.41) is 2.84. The summed E-state index contributed by atoms with van der Waals surface area (Å²) < 4.78 is 5.34. The van der Waals surface area contributed by atoms with Crippen molar-refractivity contribution in [2.45, 2.75) is 6.54 Å². The molecule has 1 aromatic carbocycles. The normalized spacial score (nSPS) is 10.1. The van der Waals surface area contributed by atoms with Crippen molar-refractivity contribution in [1.82, 2.24) is 15.1 Å². The second kappa shape index (κ2) is 9.43. The monoisotopic (exact) mass is 325 g/mol. The van der Waals surface area contributed by atoms with Crippen molar-refractivity contribution in [3.8, 4) is 11.8 Å². The van der Waals surface area contributed by atoms with Crippen LogP contribution in [0.5, 0.6) is 0 Å². The molecule has 1 aromatic heterocycles. The van der Waals surface area contributed by atoms with E-state index in [0.29, 0.717) is 19.6 Å². The molecule has 5 heteroatoms. The minimum atomic E-state index is -0.143. The lowest BCUT2D eigenvalue weighted by Crippen LogP contribution is -2.42. The maximum Gasteiger partial charge on any atom is 0.318 e. The zero-order valence-electron chi connectivity index (χ0n) is 14.2. The fourth-order valence-corrected chi connectivity index (χ4v) is 2.06. The molecule has 0 unspecified atom stereocenters. The van der Waals surface area contributed by atoms with Gasteiger partial charge in [0, 0.05) is 18.7 Å². The van der Waals surface area contributed by atoms with E-state index in [4.69, 9.17) is 4.42 Å². The summed E-state index contributed by atoms with van der Waals surface area (Å²) in [5.74, 6) is 6.76. The molecule has 0 radical (unpaired) electrons. The molecule has 2 aromatic rings. The molecule has 1 N–H and O–H groups in total. The Labute approximate surface area is 143 Å². The third kappa shape index (κ3) is 6.19. The Morgan fingerprint density at radius 2 is 1.92 bits per heavy atom. The molecule has 24 heavy (non-hydrogen) atoms. The molecule has 0 aliphatic heterocycles. The van der Waals surface area contributed by atoms with Crippen molar-refractivity contribution in [2.75, 3.05) is 33.7 Å². The molecule has 126 valence electrons. The second-order valence-electron chi connectivity index (χ2n) is 5.63. The van der Waals surface area contributed by atoms with Crippen molar-refractivity contribution in [2.24, 2.45) is 0 Å². The van der Waals surface area contributed by atoms with Crippen molar-refractivity contribution in [3.05, 3.63) is 60.1 Å². The standard InChI is InChI=1S/C19H23N3O2/c1-21(2)13-14-22(16-18-11-7-15-24-18)19(23)20-12-6-10-17-8-4-3-5-9-17/h3-5,7-9,11,15H,12-14,16H2,1-2H3,(H,20,23). The number of furan rings is 1. The van der Waals surface area contributed by atoms with E-state index >= 15 is 0 Å². The first kappa shape index (κ1) is 17.6. The molecule has 2 rings (SSSR count). The van der Waals surface area contributed by atoms with Gasteiger partial charge < -0.3 is 19.5 Å². The molecular formula is C19H23N3O2. The van der Waals surface area contributed by atoms with E-state index < -0.39 is 0 Å². The Morgan fingerprint density at radius 1 is 1.12 bits per heavy atom. The highest BCUT2D eigenvalue weighted by Gasteiger charge is 2.14. The number of hydrogen-bond donors (Lipinski definition) is 1. The molecule has 0 saturated heterocycles. The van der Waals surface area contributed by atoms with Gasteiger partial charge in [0.25, 0.3) is 0 Å². The summed E-state index contributed by atoms with van der Waals surface area (Å²) in [7, 11) is 3.96. The molecule has 0 bridgehead atoms. The molecule has 0 aliphatic rings. The van der Waals surface area contributed by atoms with Gasteiger partial charge in [-0.2, -0.15) is 0 Å². The van der Waals surface area contributed by atoms with Crippen LogP contribution in [0.2, 0.25) is 0 Å². The van der Waals surface area contributed by atoms with Gasteiger partial charge in [-0.1, -0.05) is 30.0 Å². The molecule has 0 aliphatic carbocycles. The van der Waals surface area contributed by atoms with E-state index in [1.54, 1.807) is 11.2 Å². The van der Waals surface area contributed by atoms with E-state index in [1.807, 2.05) is 61.5 Å². The van der Waals surface area contributed by atoms with Gasteiger partial charge in [-0.15, -0.1) is 0 Å². The van der Waals surface area contributed by atoms with Crippen LogP contribution in [0.4, 0.5) is 4.79 Å². The molecule has 0 saturated carbocycles. The Morgan fingerprint density at radius 3 is 2.58 bits per heavy atom. The SMILES string of the molecule is CN(C)CCN(Cc1ccco1)C(=O)NCC#Cc1ccccc1. The van der Waals surface area contributed by atoms with Crippen LogP contribution in [0, 0.1) is 11.8 Å². The van der Waals surface area contributed by atoms with Crippen LogP contribution in [0.25, 0.3) is 0 Å². The van der Waals surface area contributed by atoms with E-state index in [0.717, 1.165) is 17.9 Å². The van der Waals surface area contributed by atoms with Gasteiger partial charge in [-0.3, -0.25) is 0 Å². The van der Waals surface area contributed by atoms with E-state index in [9.17, 15) is 4.79 Å². The summed E-state index contributed by atoms with van der Waals surface area (Å²) in [6.45, 7) is 2.15. The summed E-state index contributed by atoms with van der Waals surface area (Å²) in [4.78, 5) is 16.1. The highest BCUT2D eigenvalue weighted by atomic mass is 16.3. The van der Waals surface area contributed by atoms with Crippen LogP contribution in [0.3, 0.4) is 0 Å². The second-order valence-corrected chi connectivity index (χ2v) is 5.63. The zero-order valence-corrected chi connectivity index (χ0v) is 14.2. The molecule has 0 spiro atoms. The lowest BCUT2D eigenvalue weighted by Gasteiger charge is -2.23. The minimum absolute atomic E-state index is 0.143. The Hall–Kier alpha value is -2.71. The predicted octanol–water partition coefficient (Wildman–Crippen LogP) is 2.40. The third-order valence-electron chi connectivity index (χ3n) is 3.37. The summed E-state index contributed by atoms with van der Waals surface area (Å²) in [5.41, 5.74) is 0.937. The molecule has 0 atom stereocenters. The number of likely N-dealkylation sites (N-methyl/N-ethyl adjacent to an activating group) is 1. The summed E-state index contributed by atoms with van der Waals surface area (Å²) in [6.07, 6.45) is 1.61. The maximum atomic E-state index is 12.4. The first-order valence-electron chi connectivity index (χ1n) is 7.89. The van der Waals surface area contributed by atoms with Crippen molar-refractivity contribution < 1.29 is 9.21 Å². The van der Waals surface area contributed by atoms with Gasteiger partial charge in [0.1, 0.15) is 5.76 Å². The lowest BCUT2D eigenvalue weighted by molar-refractivity contribution is 0.185. The fraction of sp³-hybridized carbons (Fsp3) is 0.316. The van der Waals surface area contributed by atoms with Gasteiger partial charge in [0.15, 0.2) is 0 Å². The number of amides is 2. The zero-order chi connectivity index (χ0) is 17.2. The average molecular weight is 325 g/mol. The predicted molar refractivity (Wildman–Crippen MR) is 94.4 cm³/mol. The van der Waals surface area contributed by atoms with Crippen molar-refractivity contribution >= 4 is 6.03 Å². The van der Waals surface area contributed by atoms with Crippen LogP contribution in [-0.2, 0) is 6.54 Å². The summed E-state index contributed by atoms with van der Waals surface area (Å²) in [6, 6.07) is 13.3. The summed E-state index contributed by atoms with van der Waals surface area (Å²) >= 11 is 0. The number of carbonyl (C=O) groups is 1. The Kier molecular flexibility index (Phi) is 6.93. The molecule has 0 fully saturated rings. The van der Waals surface area contributed by atoms with Crippen LogP contribution >= 0.6 is 0 Å². The molecular weight excluding hydrogens is 302 g/mol. The quantitative estimate of drug-likeness (QED) is 0.830. The van der Waals surface area contributed by atoms with E-state index in [1.165, 1.54) is 0 Å². The van der Waals surface area contributed by atoms with Gasteiger partial charge in [0.05, 0.1) is 19.4 Å².